The summed E-state index contributed by atoms with van der Waals surface area (Å²) >= 11 is 1.65. The van der Waals surface area contributed by atoms with E-state index in [1.54, 1.807) is 23.4 Å². The molecule has 0 aliphatic heterocycles. The standard InChI is InChI=1S/C23H24F3N3OS/c1-5-18-20(22(30)29(6-2)14-23(24,25)26)28(4)21(27-18)17-12-15-10-8-9-11-16(15)13-19(17)31-7-3/h5,8-13H,1,6-7,14H2,2-4H3. The number of imidazole rings is 1. The summed E-state index contributed by atoms with van der Waals surface area (Å²) in [6, 6.07) is 12.0. The molecular formula is C23H24F3N3OS. The van der Waals surface area contributed by atoms with Crippen molar-refractivity contribution in [3.8, 4) is 11.4 Å². The molecule has 4 nitrogen and oxygen atoms in total. The molecular weight excluding hydrogens is 423 g/mol. The van der Waals surface area contributed by atoms with Crippen LogP contribution in [0.15, 0.2) is 47.9 Å². The van der Waals surface area contributed by atoms with Gasteiger partial charge in [0.25, 0.3) is 5.91 Å². The summed E-state index contributed by atoms with van der Waals surface area (Å²) in [6.07, 6.45) is -3.07. The Hall–Kier alpha value is -2.74. The number of carbonyl (C=O) groups is 1. The van der Waals surface area contributed by atoms with E-state index in [4.69, 9.17) is 0 Å². The minimum Gasteiger partial charge on any atom is -0.328 e. The summed E-state index contributed by atoms with van der Waals surface area (Å²) in [4.78, 5) is 19.4. The molecule has 0 atom stereocenters. The molecule has 0 unspecified atom stereocenters. The van der Waals surface area contributed by atoms with Crippen molar-refractivity contribution in [1.29, 1.82) is 0 Å². The van der Waals surface area contributed by atoms with E-state index in [9.17, 15) is 18.0 Å². The third-order valence-corrected chi connectivity index (χ3v) is 5.88. The Morgan fingerprint density at radius 2 is 1.87 bits per heavy atom. The second kappa shape index (κ2) is 9.18. The van der Waals surface area contributed by atoms with E-state index >= 15 is 0 Å². The van der Waals surface area contributed by atoms with E-state index in [1.165, 1.54) is 13.0 Å². The van der Waals surface area contributed by atoms with Gasteiger partial charge in [-0.15, -0.1) is 11.8 Å². The molecule has 0 saturated carbocycles. The van der Waals surface area contributed by atoms with Gasteiger partial charge in [0, 0.05) is 24.1 Å². The molecule has 3 rings (SSSR count). The maximum Gasteiger partial charge on any atom is 0.406 e. The predicted molar refractivity (Wildman–Crippen MR) is 120 cm³/mol. The van der Waals surface area contributed by atoms with Crippen molar-refractivity contribution in [1.82, 2.24) is 14.5 Å². The summed E-state index contributed by atoms with van der Waals surface area (Å²) in [5, 5.41) is 2.10. The zero-order chi connectivity index (χ0) is 22.8. The lowest BCUT2D eigenvalue weighted by Gasteiger charge is -2.22. The van der Waals surface area contributed by atoms with Crippen molar-refractivity contribution >= 4 is 34.5 Å². The van der Waals surface area contributed by atoms with E-state index < -0.39 is 18.6 Å². The van der Waals surface area contributed by atoms with E-state index in [1.807, 2.05) is 37.3 Å². The van der Waals surface area contributed by atoms with Gasteiger partial charge in [-0.05, 0) is 41.7 Å². The summed E-state index contributed by atoms with van der Waals surface area (Å²) in [5.41, 5.74) is 1.19. The molecule has 0 N–H and O–H groups in total. The van der Waals surface area contributed by atoms with Crippen LogP contribution in [0, 0.1) is 0 Å². The van der Waals surface area contributed by atoms with Crippen molar-refractivity contribution in [3.63, 3.8) is 0 Å². The molecule has 0 bridgehead atoms. The first-order chi connectivity index (χ1) is 14.7. The van der Waals surface area contributed by atoms with Crippen LogP contribution in [0.2, 0.25) is 0 Å². The molecule has 2 aromatic carbocycles. The van der Waals surface area contributed by atoms with Crippen LogP contribution in [0.25, 0.3) is 28.2 Å². The molecule has 3 aromatic rings. The van der Waals surface area contributed by atoms with Crippen molar-refractivity contribution in [3.05, 3.63) is 54.4 Å². The summed E-state index contributed by atoms with van der Waals surface area (Å²) < 4.78 is 40.5. The fraction of sp³-hybridized carbons (Fsp3) is 0.304. The number of hydrogen-bond acceptors (Lipinski definition) is 3. The number of benzene rings is 2. The SMILES string of the molecule is C=Cc1nc(-c2cc3ccccc3cc2SCC)n(C)c1C(=O)N(CC)CC(F)(F)F. The number of rotatable bonds is 7. The molecule has 164 valence electrons. The normalized spacial score (nSPS) is 11.7. The van der Waals surface area contributed by atoms with Crippen molar-refractivity contribution in [2.45, 2.75) is 24.9 Å². The minimum atomic E-state index is -4.48. The lowest BCUT2D eigenvalue weighted by Crippen LogP contribution is -2.39. The van der Waals surface area contributed by atoms with E-state index in [0.717, 1.165) is 31.9 Å². The summed E-state index contributed by atoms with van der Waals surface area (Å²) in [5.74, 6) is 0.634. The Balaban J connectivity index is 2.17. The third kappa shape index (κ3) is 4.79. The van der Waals surface area contributed by atoms with Gasteiger partial charge in [-0.1, -0.05) is 37.8 Å². The zero-order valence-corrected chi connectivity index (χ0v) is 18.5. The minimum absolute atomic E-state index is 0.0671. The lowest BCUT2D eigenvalue weighted by atomic mass is 10.1. The summed E-state index contributed by atoms with van der Waals surface area (Å²) in [6.45, 7) is 5.90. The van der Waals surface area contributed by atoms with Crippen LogP contribution in [0.1, 0.15) is 30.0 Å². The topological polar surface area (TPSA) is 38.1 Å². The monoisotopic (exact) mass is 447 g/mol. The van der Waals surface area contributed by atoms with E-state index in [0.29, 0.717) is 5.82 Å². The molecule has 0 spiro atoms. The second-order valence-corrected chi connectivity index (χ2v) is 8.30. The molecule has 0 fully saturated rings. The molecule has 31 heavy (non-hydrogen) atoms. The first-order valence-electron chi connectivity index (χ1n) is 9.91. The number of aromatic nitrogens is 2. The van der Waals surface area contributed by atoms with Gasteiger partial charge in [-0.25, -0.2) is 4.98 Å². The number of thioether (sulfide) groups is 1. The average Bonchev–Trinajstić information content (AvgIpc) is 3.06. The fourth-order valence-electron chi connectivity index (χ4n) is 3.52. The maximum absolute atomic E-state index is 13.0. The van der Waals surface area contributed by atoms with Gasteiger partial charge in [0.2, 0.25) is 0 Å². The number of alkyl halides is 3. The van der Waals surface area contributed by atoms with Crippen LogP contribution in [-0.2, 0) is 7.05 Å². The number of hydrogen-bond donors (Lipinski definition) is 0. The molecule has 0 radical (unpaired) electrons. The average molecular weight is 448 g/mol. The molecule has 0 aliphatic carbocycles. The van der Waals surface area contributed by atoms with Crippen LogP contribution < -0.4 is 0 Å². The highest BCUT2D eigenvalue weighted by molar-refractivity contribution is 7.99. The van der Waals surface area contributed by atoms with Crippen LogP contribution in [0.4, 0.5) is 13.2 Å². The lowest BCUT2D eigenvalue weighted by molar-refractivity contribution is -0.140. The van der Waals surface area contributed by atoms with Gasteiger partial charge in [0.15, 0.2) is 0 Å². The quantitative estimate of drug-likeness (QED) is 0.416. The van der Waals surface area contributed by atoms with Gasteiger partial charge >= 0.3 is 6.18 Å². The van der Waals surface area contributed by atoms with E-state index in [-0.39, 0.29) is 17.9 Å². The van der Waals surface area contributed by atoms with Crippen molar-refractivity contribution < 1.29 is 18.0 Å². The van der Waals surface area contributed by atoms with Gasteiger partial charge in [-0.3, -0.25) is 4.79 Å². The number of carbonyl (C=O) groups excluding carboxylic acids is 1. The van der Waals surface area contributed by atoms with Crippen molar-refractivity contribution in [2.75, 3.05) is 18.8 Å². The van der Waals surface area contributed by atoms with Gasteiger partial charge in [0.05, 0.1) is 5.69 Å². The smallest absolute Gasteiger partial charge is 0.328 e. The van der Waals surface area contributed by atoms with Crippen LogP contribution in [0.3, 0.4) is 0 Å². The largest absolute Gasteiger partial charge is 0.406 e. The first kappa shape index (κ1) is 22.9. The molecule has 8 heteroatoms. The van der Waals surface area contributed by atoms with E-state index in [2.05, 4.69) is 17.6 Å². The predicted octanol–water partition coefficient (Wildman–Crippen LogP) is 6.02. The molecule has 1 heterocycles. The third-order valence-electron chi connectivity index (χ3n) is 4.95. The first-order valence-corrected chi connectivity index (χ1v) is 10.9. The van der Waals surface area contributed by atoms with Gasteiger partial charge < -0.3 is 9.47 Å². The second-order valence-electron chi connectivity index (χ2n) is 7.00. The molecule has 0 saturated heterocycles. The molecule has 0 aliphatic rings. The zero-order valence-electron chi connectivity index (χ0n) is 17.7. The molecule has 1 amide bonds. The van der Waals surface area contributed by atoms with Crippen LogP contribution in [0.5, 0.6) is 0 Å². The number of fused-ring (bicyclic) bond motifs is 1. The Labute approximate surface area is 183 Å². The Morgan fingerprint density at radius 3 is 2.42 bits per heavy atom. The summed E-state index contributed by atoms with van der Waals surface area (Å²) in [7, 11) is 1.65. The Morgan fingerprint density at radius 1 is 1.23 bits per heavy atom. The highest BCUT2D eigenvalue weighted by atomic mass is 32.2. The highest BCUT2D eigenvalue weighted by Gasteiger charge is 2.34. The highest BCUT2D eigenvalue weighted by Crippen LogP contribution is 2.36. The van der Waals surface area contributed by atoms with Gasteiger partial charge in [0.1, 0.15) is 18.1 Å². The van der Waals surface area contributed by atoms with Crippen molar-refractivity contribution in [2.24, 2.45) is 7.05 Å². The number of amides is 1. The Bertz CT molecular complexity index is 1120. The maximum atomic E-state index is 13.0. The number of nitrogens with zero attached hydrogens (tertiary/aromatic N) is 3. The molecule has 1 aromatic heterocycles. The van der Waals surface area contributed by atoms with Crippen LogP contribution >= 0.6 is 11.8 Å². The fourth-order valence-corrected chi connectivity index (χ4v) is 4.35. The number of halogens is 3. The Kier molecular flexibility index (Phi) is 6.79. The van der Waals surface area contributed by atoms with Gasteiger partial charge in [-0.2, -0.15) is 13.2 Å². The van der Waals surface area contributed by atoms with Crippen LogP contribution in [-0.4, -0.2) is 45.4 Å².